The van der Waals surface area contributed by atoms with Crippen molar-refractivity contribution in [3.63, 3.8) is 0 Å². The zero-order valence-corrected chi connectivity index (χ0v) is 19.2. The topological polar surface area (TPSA) is 70.6 Å². The van der Waals surface area contributed by atoms with Crippen molar-refractivity contribution in [2.75, 3.05) is 48.8 Å². The molecule has 172 valence electrons. The summed E-state index contributed by atoms with van der Waals surface area (Å²) in [5, 5.41) is 3.60. The summed E-state index contributed by atoms with van der Waals surface area (Å²) in [5.74, 6) is 1.50. The molecule has 1 aromatic heterocycles. The van der Waals surface area contributed by atoms with Crippen molar-refractivity contribution < 1.29 is 13.9 Å². The number of amides is 1. The number of nitrogens with zero attached hydrogens (tertiary/aromatic N) is 4. The fourth-order valence-electron chi connectivity index (χ4n) is 3.67. The number of piperazine rings is 1. The first kappa shape index (κ1) is 22.8. The molecule has 9 heteroatoms. The number of nitrogens with one attached hydrogen (secondary N) is 1. The Hall–Kier alpha value is -3.33. The van der Waals surface area contributed by atoms with Gasteiger partial charge in [-0.05, 0) is 29.8 Å². The fourth-order valence-corrected chi connectivity index (χ4v) is 4.49. The van der Waals surface area contributed by atoms with E-state index in [1.165, 1.54) is 23.9 Å². The fraction of sp³-hybridized carbons (Fsp3) is 0.292. The van der Waals surface area contributed by atoms with Gasteiger partial charge in [-0.15, -0.1) is 0 Å². The molecule has 4 rings (SSSR count). The van der Waals surface area contributed by atoms with Crippen molar-refractivity contribution in [3.05, 3.63) is 72.3 Å². The number of ether oxygens (including phenoxy) is 1. The second-order valence-corrected chi connectivity index (χ2v) is 8.49. The van der Waals surface area contributed by atoms with Crippen LogP contribution in [0.3, 0.4) is 0 Å². The predicted molar refractivity (Wildman–Crippen MR) is 128 cm³/mol. The van der Waals surface area contributed by atoms with Crippen molar-refractivity contribution in [1.82, 2.24) is 15.3 Å². The molecule has 7 nitrogen and oxygen atoms in total. The number of carbonyl (C=O) groups excluding carboxylic acids is 1. The third-order valence-electron chi connectivity index (χ3n) is 5.39. The van der Waals surface area contributed by atoms with E-state index in [9.17, 15) is 9.18 Å². The zero-order valence-electron chi connectivity index (χ0n) is 18.4. The molecule has 1 N–H and O–H groups in total. The van der Waals surface area contributed by atoms with Gasteiger partial charge >= 0.3 is 0 Å². The van der Waals surface area contributed by atoms with Crippen molar-refractivity contribution in [1.29, 1.82) is 0 Å². The van der Waals surface area contributed by atoms with Gasteiger partial charge < -0.3 is 19.9 Å². The minimum Gasteiger partial charge on any atom is -0.495 e. The van der Waals surface area contributed by atoms with Crippen LogP contribution in [0.25, 0.3) is 0 Å². The molecule has 1 fully saturated rings. The van der Waals surface area contributed by atoms with E-state index >= 15 is 0 Å². The summed E-state index contributed by atoms with van der Waals surface area (Å²) < 4.78 is 18.5. The van der Waals surface area contributed by atoms with Gasteiger partial charge in [-0.1, -0.05) is 36.0 Å². The summed E-state index contributed by atoms with van der Waals surface area (Å²) in [7, 11) is 1.69. The van der Waals surface area contributed by atoms with Crippen LogP contribution in [-0.4, -0.2) is 54.9 Å². The molecule has 1 aliphatic rings. The number of rotatable bonds is 8. The van der Waals surface area contributed by atoms with Gasteiger partial charge in [-0.25, -0.2) is 14.4 Å². The summed E-state index contributed by atoms with van der Waals surface area (Å²) in [5.41, 5.74) is 1.94. The van der Waals surface area contributed by atoms with Crippen molar-refractivity contribution in [2.24, 2.45) is 0 Å². The molecule has 0 atom stereocenters. The van der Waals surface area contributed by atoms with E-state index in [-0.39, 0.29) is 17.5 Å². The smallest absolute Gasteiger partial charge is 0.230 e. The Balaban J connectivity index is 1.32. The molecule has 0 radical (unpaired) electrons. The third kappa shape index (κ3) is 5.92. The minimum atomic E-state index is -0.292. The number of methoxy groups -OCH3 is 1. The van der Waals surface area contributed by atoms with Gasteiger partial charge in [0, 0.05) is 45.1 Å². The largest absolute Gasteiger partial charge is 0.495 e. The number of hydrogen-bond donors (Lipinski definition) is 1. The quantitative estimate of drug-likeness (QED) is 0.510. The van der Waals surface area contributed by atoms with E-state index in [4.69, 9.17) is 4.74 Å². The SMILES string of the molecule is COc1ccccc1N1CCN(c2nccnc2SCC(=O)NCc2ccc(F)cc2)CC1. The van der Waals surface area contributed by atoms with Crippen LogP contribution in [-0.2, 0) is 11.3 Å². The van der Waals surface area contributed by atoms with Crippen LogP contribution in [0.15, 0.2) is 66.0 Å². The Kier molecular flexibility index (Phi) is 7.62. The molecular weight excluding hydrogens is 441 g/mol. The number of hydrogen-bond acceptors (Lipinski definition) is 7. The molecular formula is C24H26FN5O2S. The second-order valence-electron chi connectivity index (χ2n) is 7.52. The van der Waals surface area contributed by atoms with Crippen LogP contribution >= 0.6 is 11.8 Å². The van der Waals surface area contributed by atoms with Crippen molar-refractivity contribution >= 4 is 29.2 Å². The van der Waals surface area contributed by atoms with E-state index in [0.29, 0.717) is 6.54 Å². The standard InChI is InChI=1S/C24H26FN5O2S/c1-32-21-5-3-2-4-20(21)29-12-14-30(15-13-29)23-24(27-11-10-26-23)33-17-22(31)28-16-18-6-8-19(25)9-7-18/h2-11H,12-17H2,1H3,(H,28,31). The highest BCUT2D eigenvalue weighted by atomic mass is 32.2. The lowest BCUT2D eigenvalue weighted by atomic mass is 10.2. The number of aromatic nitrogens is 2. The lowest BCUT2D eigenvalue weighted by Gasteiger charge is -2.37. The highest BCUT2D eigenvalue weighted by Crippen LogP contribution is 2.31. The molecule has 33 heavy (non-hydrogen) atoms. The number of para-hydroxylation sites is 2. The van der Waals surface area contributed by atoms with E-state index < -0.39 is 0 Å². The first-order chi connectivity index (χ1) is 16.1. The van der Waals surface area contributed by atoms with E-state index in [1.54, 1.807) is 31.6 Å². The maximum Gasteiger partial charge on any atom is 0.230 e. The number of carbonyl (C=O) groups is 1. The van der Waals surface area contributed by atoms with Crippen LogP contribution in [0.5, 0.6) is 5.75 Å². The van der Waals surface area contributed by atoms with E-state index in [2.05, 4.69) is 31.2 Å². The number of benzene rings is 2. The van der Waals surface area contributed by atoms with E-state index in [0.717, 1.165) is 54.0 Å². The number of halogens is 1. The summed E-state index contributed by atoms with van der Waals surface area (Å²) in [6, 6.07) is 14.1. The molecule has 0 aliphatic carbocycles. The van der Waals surface area contributed by atoms with Crippen LogP contribution in [0, 0.1) is 5.82 Å². The Bertz CT molecular complexity index is 1070. The van der Waals surface area contributed by atoms with Gasteiger partial charge in [0.1, 0.15) is 16.6 Å². The van der Waals surface area contributed by atoms with Gasteiger partial charge in [-0.2, -0.15) is 0 Å². The summed E-state index contributed by atoms with van der Waals surface area (Å²) in [6.45, 7) is 3.61. The Morgan fingerprint density at radius 2 is 1.73 bits per heavy atom. The minimum absolute atomic E-state index is 0.109. The Morgan fingerprint density at radius 1 is 1.03 bits per heavy atom. The first-order valence-corrected chi connectivity index (χ1v) is 11.7. The molecule has 2 aromatic carbocycles. The molecule has 0 saturated carbocycles. The van der Waals surface area contributed by atoms with E-state index in [1.807, 2.05) is 18.2 Å². The highest BCUT2D eigenvalue weighted by Gasteiger charge is 2.23. The highest BCUT2D eigenvalue weighted by molar-refractivity contribution is 8.00. The summed E-state index contributed by atoms with van der Waals surface area (Å²) >= 11 is 1.37. The van der Waals surface area contributed by atoms with Gasteiger partial charge in [0.25, 0.3) is 0 Å². The average molecular weight is 468 g/mol. The van der Waals surface area contributed by atoms with Crippen LogP contribution in [0.1, 0.15) is 5.56 Å². The molecule has 0 spiro atoms. The normalized spacial score (nSPS) is 13.6. The van der Waals surface area contributed by atoms with Crippen LogP contribution in [0.2, 0.25) is 0 Å². The molecule has 0 unspecified atom stereocenters. The Morgan fingerprint density at radius 3 is 2.48 bits per heavy atom. The monoisotopic (exact) mass is 467 g/mol. The predicted octanol–water partition coefficient (Wildman–Crippen LogP) is 3.36. The third-order valence-corrected chi connectivity index (χ3v) is 6.36. The van der Waals surface area contributed by atoms with Crippen LogP contribution in [0.4, 0.5) is 15.9 Å². The number of thioether (sulfide) groups is 1. The molecule has 1 saturated heterocycles. The number of anilines is 2. The van der Waals surface area contributed by atoms with Gasteiger partial charge in [0.15, 0.2) is 5.82 Å². The lowest BCUT2D eigenvalue weighted by molar-refractivity contribution is -0.118. The maximum atomic E-state index is 13.0. The van der Waals surface area contributed by atoms with Crippen molar-refractivity contribution in [2.45, 2.75) is 11.6 Å². The lowest BCUT2D eigenvalue weighted by Crippen LogP contribution is -2.47. The average Bonchev–Trinajstić information content (AvgIpc) is 2.87. The summed E-state index contributed by atoms with van der Waals surface area (Å²) in [6.07, 6.45) is 3.33. The molecule has 1 amide bonds. The van der Waals surface area contributed by atoms with Crippen LogP contribution < -0.4 is 19.9 Å². The van der Waals surface area contributed by atoms with Crippen molar-refractivity contribution in [3.8, 4) is 5.75 Å². The molecule has 1 aliphatic heterocycles. The second kappa shape index (κ2) is 11.0. The molecule has 3 aromatic rings. The van der Waals surface area contributed by atoms with Gasteiger partial charge in [0.2, 0.25) is 5.91 Å². The van der Waals surface area contributed by atoms with Gasteiger partial charge in [-0.3, -0.25) is 4.79 Å². The Labute approximate surface area is 197 Å². The summed E-state index contributed by atoms with van der Waals surface area (Å²) in [4.78, 5) is 25.8. The van der Waals surface area contributed by atoms with Gasteiger partial charge in [0.05, 0.1) is 18.6 Å². The first-order valence-electron chi connectivity index (χ1n) is 10.7. The molecule has 0 bridgehead atoms. The molecule has 2 heterocycles. The maximum absolute atomic E-state index is 13.0. The zero-order chi connectivity index (χ0) is 23.0.